The monoisotopic (exact) mass is 287 g/mol. The molecule has 0 atom stereocenters. The Bertz CT molecular complexity index is 403. The smallest absolute Gasteiger partial charge is 0.329 e. The number of hydrogen-bond donors (Lipinski definition) is 2. The van der Waals surface area contributed by atoms with Gasteiger partial charge in [0.25, 0.3) is 5.91 Å². The average Bonchev–Trinajstić information content (AvgIpc) is 2.38. The Hall–Kier alpha value is -2.16. The fourth-order valence-electron chi connectivity index (χ4n) is 1.69. The highest BCUT2D eigenvalue weighted by Crippen LogP contribution is 2.02. The lowest BCUT2D eigenvalue weighted by atomic mass is 10.3. The molecular weight excluding hydrogens is 270 g/mol. The molecule has 1 saturated heterocycles. The summed E-state index contributed by atoms with van der Waals surface area (Å²) in [4.78, 5) is 47.3. The molecule has 0 saturated carbocycles. The molecule has 1 aliphatic heterocycles. The molecule has 0 aromatic rings. The third-order valence-electron chi connectivity index (χ3n) is 2.72. The third-order valence-corrected chi connectivity index (χ3v) is 2.72. The van der Waals surface area contributed by atoms with E-state index in [4.69, 9.17) is 5.11 Å². The first kappa shape index (κ1) is 15.9. The number of hydrogen-bond acceptors (Lipinski definition) is 5. The predicted octanol–water partition coefficient (Wildman–Crippen LogP) is -1.51. The first-order valence-electron chi connectivity index (χ1n) is 6.04. The summed E-state index contributed by atoms with van der Waals surface area (Å²) in [7, 11) is 0. The number of rotatable bonds is 4. The molecule has 1 heterocycles. The molecule has 0 radical (unpaired) electrons. The number of carboxylic acid groups (broad SMARTS) is 1. The normalized spacial score (nSPS) is 14.8. The van der Waals surface area contributed by atoms with Gasteiger partial charge in [-0.15, -0.1) is 0 Å². The van der Waals surface area contributed by atoms with Gasteiger partial charge in [-0.25, -0.2) is 9.59 Å². The van der Waals surface area contributed by atoms with E-state index in [1.54, 1.807) is 4.90 Å². The number of nitrogens with zero attached hydrogens (tertiary/aromatic N) is 2. The second-order valence-corrected chi connectivity index (χ2v) is 4.23. The summed E-state index contributed by atoms with van der Waals surface area (Å²) in [6.45, 7) is 1.89. The van der Waals surface area contributed by atoms with Crippen LogP contribution in [0.1, 0.15) is 6.92 Å². The van der Waals surface area contributed by atoms with Gasteiger partial charge in [0.15, 0.2) is 0 Å². The summed E-state index contributed by atoms with van der Waals surface area (Å²) >= 11 is 0. The molecule has 0 aromatic carbocycles. The van der Waals surface area contributed by atoms with Crippen molar-refractivity contribution in [2.75, 3.05) is 39.4 Å². The number of aliphatic carboxylic acids is 1. The fourth-order valence-corrected chi connectivity index (χ4v) is 1.69. The van der Waals surface area contributed by atoms with Crippen molar-refractivity contribution in [3.63, 3.8) is 0 Å². The predicted molar refractivity (Wildman–Crippen MR) is 65.8 cm³/mol. The Morgan fingerprint density at radius 2 is 1.60 bits per heavy atom. The van der Waals surface area contributed by atoms with Crippen molar-refractivity contribution in [2.24, 2.45) is 0 Å². The van der Waals surface area contributed by atoms with E-state index < -0.39 is 31.1 Å². The van der Waals surface area contributed by atoms with E-state index in [1.807, 2.05) is 0 Å². The molecule has 4 amide bonds. The zero-order valence-electron chi connectivity index (χ0n) is 11.1. The van der Waals surface area contributed by atoms with Gasteiger partial charge in [-0.05, 0) is 0 Å². The highest BCUT2D eigenvalue weighted by Gasteiger charge is 2.23. The molecule has 0 unspecified atom stereocenters. The Balaban J connectivity index is 2.28. The largest absolute Gasteiger partial charge is 0.480 e. The van der Waals surface area contributed by atoms with Gasteiger partial charge >= 0.3 is 12.0 Å². The van der Waals surface area contributed by atoms with Crippen LogP contribution < -0.4 is 5.32 Å². The minimum Gasteiger partial charge on any atom is -0.480 e. The minimum atomic E-state index is -1.19. The van der Waals surface area contributed by atoms with Crippen LogP contribution in [-0.2, 0) is 19.1 Å². The molecule has 1 fully saturated rings. The maximum Gasteiger partial charge on any atom is 0.329 e. The topological polar surface area (TPSA) is 116 Å². The molecule has 0 bridgehead atoms. The standard InChI is InChI=1S/C11H17N3O6/c1-8(15)13-2-4-14(5-3-13)11(19)12-9(16)6-20-7-10(17)18/h2-7H2,1H3,(H,17,18)(H,12,16,19). The van der Waals surface area contributed by atoms with Crippen molar-refractivity contribution in [3.05, 3.63) is 0 Å². The van der Waals surface area contributed by atoms with E-state index in [0.29, 0.717) is 26.2 Å². The van der Waals surface area contributed by atoms with Crippen LogP contribution in [-0.4, -0.2) is 78.1 Å². The first-order valence-corrected chi connectivity index (χ1v) is 6.04. The number of carboxylic acids is 1. The second kappa shape index (κ2) is 7.43. The van der Waals surface area contributed by atoms with Gasteiger partial charge in [-0.2, -0.15) is 0 Å². The third kappa shape index (κ3) is 5.22. The maximum absolute atomic E-state index is 11.7. The van der Waals surface area contributed by atoms with Gasteiger partial charge < -0.3 is 19.6 Å². The summed E-state index contributed by atoms with van der Waals surface area (Å²) in [6.07, 6.45) is 0. The summed E-state index contributed by atoms with van der Waals surface area (Å²) in [6, 6.07) is -0.572. The van der Waals surface area contributed by atoms with Crippen LogP contribution in [0.25, 0.3) is 0 Å². The Morgan fingerprint density at radius 3 is 2.10 bits per heavy atom. The number of urea groups is 1. The summed E-state index contributed by atoms with van der Waals surface area (Å²) < 4.78 is 4.56. The van der Waals surface area contributed by atoms with Crippen molar-refractivity contribution in [3.8, 4) is 0 Å². The van der Waals surface area contributed by atoms with E-state index >= 15 is 0 Å². The second-order valence-electron chi connectivity index (χ2n) is 4.23. The van der Waals surface area contributed by atoms with Crippen molar-refractivity contribution in [1.29, 1.82) is 0 Å². The van der Waals surface area contributed by atoms with Crippen LogP contribution in [0.4, 0.5) is 4.79 Å². The molecule has 2 N–H and O–H groups in total. The molecule has 0 aromatic heterocycles. The number of carbonyl (C=O) groups excluding carboxylic acids is 3. The lowest BCUT2D eigenvalue weighted by Crippen LogP contribution is -2.54. The van der Waals surface area contributed by atoms with Crippen LogP contribution in [0.2, 0.25) is 0 Å². The Kier molecular flexibility index (Phi) is 5.91. The maximum atomic E-state index is 11.7. The van der Waals surface area contributed by atoms with Gasteiger partial charge in [0.05, 0.1) is 0 Å². The molecule has 1 rings (SSSR count). The van der Waals surface area contributed by atoms with Gasteiger partial charge in [-0.3, -0.25) is 14.9 Å². The van der Waals surface area contributed by atoms with Gasteiger partial charge in [-0.1, -0.05) is 0 Å². The lowest BCUT2D eigenvalue weighted by molar-refractivity contribution is -0.143. The number of imide groups is 1. The van der Waals surface area contributed by atoms with Gasteiger partial charge in [0, 0.05) is 33.1 Å². The van der Waals surface area contributed by atoms with Crippen LogP contribution >= 0.6 is 0 Å². The average molecular weight is 287 g/mol. The highest BCUT2D eigenvalue weighted by molar-refractivity contribution is 5.95. The highest BCUT2D eigenvalue weighted by atomic mass is 16.5. The number of nitrogens with one attached hydrogen (secondary N) is 1. The number of piperazine rings is 1. The zero-order valence-corrected chi connectivity index (χ0v) is 11.1. The van der Waals surface area contributed by atoms with Crippen molar-refractivity contribution in [1.82, 2.24) is 15.1 Å². The molecule has 0 spiro atoms. The molecule has 1 aliphatic rings. The van der Waals surface area contributed by atoms with E-state index in [2.05, 4.69) is 10.1 Å². The Labute approximate surface area is 115 Å². The number of amides is 4. The molecule has 112 valence electrons. The van der Waals surface area contributed by atoms with Crippen LogP contribution in [0.5, 0.6) is 0 Å². The first-order chi connectivity index (χ1) is 9.40. The molecule has 9 heteroatoms. The molecule has 0 aliphatic carbocycles. The molecule has 9 nitrogen and oxygen atoms in total. The lowest BCUT2D eigenvalue weighted by Gasteiger charge is -2.33. The van der Waals surface area contributed by atoms with E-state index in [0.717, 1.165) is 0 Å². The Morgan fingerprint density at radius 1 is 1.05 bits per heavy atom. The van der Waals surface area contributed by atoms with E-state index in [-0.39, 0.29) is 5.91 Å². The van der Waals surface area contributed by atoms with Crippen LogP contribution in [0, 0.1) is 0 Å². The minimum absolute atomic E-state index is 0.0526. The van der Waals surface area contributed by atoms with Gasteiger partial charge in [0.2, 0.25) is 5.91 Å². The van der Waals surface area contributed by atoms with Crippen LogP contribution in [0.3, 0.4) is 0 Å². The zero-order chi connectivity index (χ0) is 15.1. The fraction of sp³-hybridized carbons (Fsp3) is 0.636. The van der Waals surface area contributed by atoms with Crippen LogP contribution in [0.15, 0.2) is 0 Å². The number of carbonyl (C=O) groups is 4. The molecular formula is C11H17N3O6. The van der Waals surface area contributed by atoms with E-state index in [1.165, 1.54) is 11.8 Å². The molecule has 20 heavy (non-hydrogen) atoms. The number of ether oxygens (including phenoxy) is 1. The quantitative estimate of drug-likeness (QED) is 0.649. The SMILES string of the molecule is CC(=O)N1CCN(C(=O)NC(=O)COCC(=O)O)CC1. The van der Waals surface area contributed by atoms with E-state index in [9.17, 15) is 19.2 Å². The van der Waals surface area contributed by atoms with Gasteiger partial charge in [0.1, 0.15) is 13.2 Å². The summed E-state index contributed by atoms with van der Waals surface area (Å²) in [5.41, 5.74) is 0. The summed E-state index contributed by atoms with van der Waals surface area (Å²) in [5.74, 6) is -1.95. The van der Waals surface area contributed by atoms with Crippen molar-refractivity contribution < 1.29 is 29.0 Å². The van der Waals surface area contributed by atoms with Crippen molar-refractivity contribution in [2.45, 2.75) is 6.92 Å². The summed E-state index contributed by atoms with van der Waals surface area (Å²) in [5, 5.41) is 10.4. The van der Waals surface area contributed by atoms with Crippen molar-refractivity contribution >= 4 is 23.8 Å².